The van der Waals surface area contributed by atoms with Crippen LogP contribution in [0.5, 0.6) is 0 Å². The maximum absolute atomic E-state index is 13.0. The van der Waals surface area contributed by atoms with Crippen molar-refractivity contribution in [2.45, 2.75) is 49.9 Å². The molecule has 0 fully saturated rings. The second kappa shape index (κ2) is 14.3. The van der Waals surface area contributed by atoms with E-state index in [0.29, 0.717) is 5.56 Å². The zero-order valence-electron chi connectivity index (χ0n) is 18.7. The molecule has 0 saturated carbocycles. The Morgan fingerprint density at radius 3 is 1.89 bits per heavy atom. The van der Waals surface area contributed by atoms with E-state index in [2.05, 4.69) is 10.6 Å². The summed E-state index contributed by atoms with van der Waals surface area (Å²) < 4.78 is 0. The SMILES string of the molecule is NC(=O)CCC(N)C(=O)NC(Cc1ccccc1)C(=O)NC(CC(=O)O)C(=O)NC(CO)C(=O)O. The van der Waals surface area contributed by atoms with Crippen LogP contribution in [0.4, 0.5) is 0 Å². The Morgan fingerprint density at radius 1 is 0.829 bits per heavy atom. The first-order chi connectivity index (χ1) is 16.4. The normalized spacial score (nSPS) is 14.0. The number of carboxylic acid groups (broad SMARTS) is 2. The predicted octanol–water partition coefficient (Wildman–Crippen LogP) is -3.17. The highest BCUT2D eigenvalue weighted by molar-refractivity contribution is 5.95. The number of aliphatic carboxylic acids is 2. The Balaban J connectivity index is 3.07. The number of amides is 4. The van der Waals surface area contributed by atoms with Crippen LogP contribution in [0.3, 0.4) is 0 Å². The van der Waals surface area contributed by atoms with Crippen LogP contribution in [0.15, 0.2) is 30.3 Å². The van der Waals surface area contributed by atoms with Gasteiger partial charge in [-0.3, -0.25) is 24.0 Å². The fourth-order valence-corrected chi connectivity index (χ4v) is 2.88. The van der Waals surface area contributed by atoms with E-state index in [1.54, 1.807) is 30.3 Å². The first kappa shape index (κ1) is 29.0. The van der Waals surface area contributed by atoms with Crippen molar-refractivity contribution < 1.29 is 44.1 Å². The average molecular weight is 495 g/mol. The van der Waals surface area contributed by atoms with Crippen molar-refractivity contribution in [1.29, 1.82) is 0 Å². The lowest BCUT2D eigenvalue weighted by atomic mass is 10.0. The lowest BCUT2D eigenvalue weighted by Crippen LogP contribution is -2.58. The fraction of sp³-hybridized carbons (Fsp3) is 0.429. The van der Waals surface area contributed by atoms with E-state index in [4.69, 9.17) is 26.8 Å². The van der Waals surface area contributed by atoms with Gasteiger partial charge in [-0.15, -0.1) is 0 Å². The Bertz CT molecular complexity index is 925. The Morgan fingerprint density at radius 2 is 1.37 bits per heavy atom. The Labute approximate surface area is 200 Å². The third-order valence-corrected chi connectivity index (χ3v) is 4.76. The minimum atomic E-state index is -1.72. The number of primary amides is 1. The summed E-state index contributed by atoms with van der Waals surface area (Å²) in [5.74, 6) is -6.60. The first-order valence-corrected chi connectivity index (χ1v) is 10.5. The molecule has 10 N–H and O–H groups in total. The van der Waals surface area contributed by atoms with Crippen molar-refractivity contribution in [2.75, 3.05) is 6.61 Å². The number of benzene rings is 1. The lowest BCUT2D eigenvalue weighted by Gasteiger charge is -2.24. The molecule has 1 rings (SSSR count). The molecule has 0 aromatic heterocycles. The van der Waals surface area contributed by atoms with Crippen LogP contribution in [0.2, 0.25) is 0 Å². The van der Waals surface area contributed by atoms with E-state index in [0.717, 1.165) is 0 Å². The number of nitrogens with one attached hydrogen (secondary N) is 3. The molecule has 35 heavy (non-hydrogen) atoms. The first-order valence-electron chi connectivity index (χ1n) is 10.5. The highest BCUT2D eigenvalue weighted by Gasteiger charge is 2.31. The Kier molecular flexibility index (Phi) is 11.8. The summed E-state index contributed by atoms with van der Waals surface area (Å²) >= 11 is 0. The summed E-state index contributed by atoms with van der Waals surface area (Å²) in [4.78, 5) is 71.1. The number of hydrogen-bond acceptors (Lipinski definition) is 8. The zero-order chi connectivity index (χ0) is 26.5. The van der Waals surface area contributed by atoms with Gasteiger partial charge in [-0.25, -0.2) is 4.79 Å². The van der Waals surface area contributed by atoms with Gasteiger partial charge in [0.05, 0.1) is 19.1 Å². The molecule has 0 aliphatic heterocycles. The third-order valence-electron chi connectivity index (χ3n) is 4.76. The second-order valence-electron chi connectivity index (χ2n) is 7.60. The monoisotopic (exact) mass is 495 g/mol. The summed E-state index contributed by atoms with van der Waals surface area (Å²) in [5.41, 5.74) is 11.4. The minimum Gasteiger partial charge on any atom is -0.481 e. The predicted molar refractivity (Wildman–Crippen MR) is 119 cm³/mol. The molecule has 14 heteroatoms. The number of carbonyl (C=O) groups is 6. The van der Waals surface area contributed by atoms with E-state index in [1.807, 2.05) is 5.32 Å². The van der Waals surface area contributed by atoms with Crippen molar-refractivity contribution in [3.63, 3.8) is 0 Å². The van der Waals surface area contributed by atoms with E-state index in [-0.39, 0.29) is 19.3 Å². The fourth-order valence-electron chi connectivity index (χ4n) is 2.88. The van der Waals surface area contributed by atoms with Gasteiger partial charge in [0.15, 0.2) is 0 Å². The molecule has 0 saturated heterocycles. The summed E-state index contributed by atoms with van der Waals surface area (Å²) in [6, 6.07) is 2.52. The van der Waals surface area contributed by atoms with E-state index < -0.39 is 72.8 Å². The Hall–Kier alpha value is -4.04. The molecular formula is C21H29N5O9. The van der Waals surface area contributed by atoms with Gasteiger partial charge in [-0.05, 0) is 12.0 Å². The average Bonchev–Trinajstić information content (AvgIpc) is 2.79. The van der Waals surface area contributed by atoms with E-state index >= 15 is 0 Å². The third kappa shape index (κ3) is 10.6. The van der Waals surface area contributed by atoms with Crippen LogP contribution in [-0.2, 0) is 35.2 Å². The largest absolute Gasteiger partial charge is 0.481 e. The molecule has 0 aliphatic carbocycles. The standard InChI is InChI=1S/C21H29N5O9/c22-12(6-7-16(23)28)18(31)24-13(8-11-4-2-1-3-5-11)19(32)25-14(9-17(29)30)20(33)26-15(10-27)21(34)35/h1-5,12-15,27H,6-10,22H2,(H2,23,28)(H,24,31)(H,25,32)(H,26,33)(H,29,30)(H,34,35). The molecule has 0 aliphatic rings. The molecule has 1 aromatic carbocycles. The number of rotatable bonds is 15. The van der Waals surface area contributed by atoms with Crippen LogP contribution < -0.4 is 27.4 Å². The smallest absolute Gasteiger partial charge is 0.328 e. The number of hydrogen-bond donors (Lipinski definition) is 8. The van der Waals surface area contributed by atoms with Gasteiger partial charge in [-0.1, -0.05) is 30.3 Å². The molecule has 1 aromatic rings. The van der Waals surface area contributed by atoms with Crippen molar-refractivity contribution in [3.8, 4) is 0 Å². The molecule has 4 unspecified atom stereocenters. The number of carbonyl (C=O) groups excluding carboxylic acids is 4. The topological polar surface area (TPSA) is 251 Å². The number of aliphatic hydroxyl groups is 1. The van der Waals surface area contributed by atoms with Gasteiger partial charge in [-0.2, -0.15) is 0 Å². The molecule has 0 bridgehead atoms. The van der Waals surface area contributed by atoms with Crippen LogP contribution in [0, 0.1) is 0 Å². The van der Waals surface area contributed by atoms with Gasteiger partial charge in [0, 0.05) is 12.8 Å². The van der Waals surface area contributed by atoms with Crippen molar-refractivity contribution >= 4 is 35.6 Å². The summed E-state index contributed by atoms with van der Waals surface area (Å²) in [7, 11) is 0. The van der Waals surface area contributed by atoms with Crippen molar-refractivity contribution in [2.24, 2.45) is 11.5 Å². The summed E-state index contributed by atoms with van der Waals surface area (Å²) in [5, 5.41) is 33.7. The van der Waals surface area contributed by atoms with Crippen molar-refractivity contribution in [3.05, 3.63) is 35.9 Å². The molecule has 14 nitrogen and oxygen atoms in total. The second-order valence-corrected chi connectivity index (χ2v) is 7.60. The van der Waals surface area contributed by atoms with Crippen LogP contribution >= 0.6 is 0 Å². The zero-order valence-corrected chi connectivity index (χ0v) is 18.7. The minimum absolute atomic E-state index is 0.0588. The summed E-state index contributed by atoms with van der Waals surface area (Å²) in [6.45, 7) is -0.968. The van der Waals surface area contributed by atoms with Gasteiger partial charge < -0.3 is 42.7 Å². The maximum atomic E-state index is 13.0. The molecule has 0 heterocycles. The molecule has 4 amide bonds. The molecule has 4 atom stereocenters. The molecular weight excluding hydrogens is 466 g/mol. The highest BCUT2D eigenvalue weighted by atomic mass is 16.4. The highest BCUT2D eigenvalue weighted by Crippen LogP contribution is 2.06. The number of carboxylic acids is 2. The van der Waals surface area contributed by atoms with Crippen LogP contribution in [0.25, 0.3) is 0 Å². The van der Waals surface area contributed by atoms with Crippen LogP contribution in [0.1, 0.15) is 24.8 Å². The maximum Gasteiger partial charge on any atom is 0.328 e. The summed E-state index contributed by atoms with van der Waals surface area (Å²) in [6.07, 6.45) is -1.21. The van der Waals surface area contributed by atoms with Gasteiger partial charge >= 0.3 is 11.9 Å². The molecule has 192 valence electrons. The van der Waals surface area contributed by atoms with Gasteiger partial charge in [0.1, 0.15) is 18.1 Å². The van der Waals surface area contributed by atoms with E-state index in [1.165, 1.54) is 0 Å². The number of aliphatic hydroxyl groups excluding tert-OH is 1. The van der Waals surface area contributed by atoms with Gasteiger partial charge in [0.2, 0.25) is 23.6 Å². The quantitative estimate of drug-likeness (QED) is 0.121. The molecule has 0 radical (unpaired) electrons. The number of nitrogens with two attached hydrogens (primary N) is 2. The lowest BCUT2D eigenvalue weighted by molar-refractivity contribution is -0.144. The molecule has 0 spiro atoms. The van der Waals surface area contributed by atoms with Crippen LogP contribution in [-0.4, -0.2) is 81.7 Å². The van der Waals surface area contributed by atoms with E-state index in [9.17, 15) is 28.8 Å². The van der Waals surface area contributed by atoms with Crippen molar-refractivity contribution in [1.82, 2.24) is 16.0 Å². The van der Waals surface area contributed by atoms with Gasteiger partial charge in [0.25, 0.3) is 0 Å².